The van der Waals surface area contributed by atoms with E-state index in [2.05, 4.69) is 21.8 Å². The van der Waals surface area contributed by atoms with Gasteiger partial charge in [-0.05, 0) is 27.0 Å². The molecule has 1 N–H and O–H groups in total. The highest BCUT2D eigenvalue weighted by atomic mass is 16.1. The van der Waals surface area contributed by atoms with Gasteiger partial charge in [-0.15, -0.1) is 0 Å². The molecule has 1 aliphatic rings. The molecule has 0 radical (unpaired) electrons. The van der Waals surface area contributed by atoms with Gasteiger partial charge in [-0.1, -0.05) is 0 Å². The molecule has 0 aliphatic carbocycles. The molecule has 0 amide bonds. The van der Waals surface area contributed by atoms with E-state index in [4.69, 9.17) is 0 Å². The van der Waals surface area contributed by atoms with Crippen molar-refractivity contribution in [1.82, 2.24) is 14.8 Å². The molecular formula is C13H21N3O. The number of carbonyl (C=O) groups is 1. The number of aromatic amines is 1. The standard InChI is InChI=1S/C13H21N3O/c1-10-8-12(11(2)14-10)13(17)9-16-6-4-15(3)5-7-16/h8,14H,4-7,9H2,1-3H3. The molecular weight excluding hydrogens is 214 g/mol. The van der Waals surface area contributed by atoms with Crippen LogP contribution in [-0.4, -0.2) is 60.3 Å². The average Bonchev–Trinajstić information content (AvgIpc) is 2.61. The Bertz CT molecular complexity index is 403. The lowest BCUT2D eigenvalue weighted by molar-refractivity contribution is 0.0876. The summed E-state index contributed by atoms with van der Waals surface area (Å²) in [6, 6.07) is 1.95. The van der Waals surface area contributed by atoms with Crippen LogP contribution in [0.2, 0.25) is 0 Å². The van der Waals surface area contributed by atoms with Crippen LogP contribution in [0.25, 0.3) is 0 Å². The van der Waals surface area contributed by atoms with E-state index in [1.54, 1.807) is 0 Å². The highest BCUT2D eigenvalue weighted by Crippen LogP contribution is 2.11. The SMILES string of the molecule is Cc1cc(C(=O)CN2CCN(C)CC2)c(C)[nH]1. The number of ketones is 1. The van der Waals surface area contributed by atoms with Crippen LogP contribution >= 0.6 is 0 Å². The first-order chi connectivity index (χ1) is 8.06. The largest absolute Gasteiger partial charge is 0.362 e. The topological polar surface area (TPSA) is 39.3 Å². The molecule has 4 heteroatoms. The molecule has 0 atom stereocenters. The quantitative estimate of drug-likeness (QED) is 0.796. The van der Waals surface area contributed by atoms with E-state index in [1.807, 2.05) is 19.9 Å². The van der Waals surface area contributed by atoms with Gasteiger partial charge in [0.25, 0.3) is 0 Å². The molecule has 4 nitrogen and oxygen atoms in total. The van der Waals surface area contributed by atoms with Gasteiger partial charge in [0.15, 0.2) is 5.78 Å². The van der Waals surface area contributed by atoms with Crippen LogP contribution in [-0.2, 0) is 0 Å². The second kappa shape index (κ2) is 5.02. The molecule has 0 aromatic carbocycles. The molecule has 1 aliphatic heterocycles. The summed E-state index contributed by atoms with van der Waals surface area (Å²) in [5, 5.41) is 0. The molecule has 17 heavy (non-hydrogen) atoms. The van der Waals surface area contributed by atoms with Crippen LogP contribution in [0.5, 0.6) is 0 Å². The Hall–Kier alpha value is -1.13. The Morgan fingerprint density at radius 1 is 1.29 bits per heavy atom. The zero-order valence-corrected chi connectivity index (χ0v) is 10.9. The maximum absolute atomic E-state index is 12.2. The van der Waals surface area contributed by atoms with Crippen molar-refractivity contribution in [3.63, 3.8) is 0 Å². The van der Waals surface area contributed by atoms with E-state index < -0.39 is 0 Å². The Kier molecular flexibility index (Phi) is 3.64. The first-order valence-corrected chi connectivity index (χ1v) is 6.16. The van der Waals surface area contributed by atoms with Gasteiger partial charge in [-0.2, -0.15) is 0 Å². The number of piperazine rings is 1. The van der Waals surface area contributed by atoms with Crippen LogP contribution in [0.3, 0.4) is 0 Å². The minimum Gasteiger partial charge on any atom is -0.362 e. The Morgan fingerprint density at radius 3 is 2.47 bits per heavy atom. The molecule has 0 saturated carbocycles. The summed E-state index contributed by atoms with van der Waals surface area (Å²) in [7, 11) is 2.12. The third-order valence-electron chi connectivity index (χ3n) is 3.41. The minimum absolute atomic E-state index is 0.233. The van der Waals surface area contributed by atoms with Crippen LogP contribution in [0.1, 0.15) is 21.7 Å². The summed E-state index contributed by atoms with van der Waals surface area (Å²) in [6.45, 7) is 8.59. The molecule has 1 aromatic rings. The fraction of sp³-hybridized carbons (Fsp3) is 0.615. The number of aromatic nitrogens is 1. The lowest BCUT2D eigenvalue weighted by atomic mass is 10.1. The number of hydrogen-bond donors (Lipinski definition) is 1. The Balaban J connectivity index is 1.95. The molecule has 1 saturated heterocycles. The summed E-state index contributed by atoms with van der Waals surface area (Å²) in [5.41, 5.74) is 2.90. The van der Waals surface area contributed by atoms with Crippen molar-refractivity contribution in [3.8, 4) is 0 Å². The van der Waals surface area contributed by atoms with E-state index in [-0.39, 0.29) is 5.78 Å². The lowest BCUT2D eigenvalue weighted by Crippen LogP contribution is -2.46. The number of rotatable bonds is 3. The van der Waals surface area contributed by atoms with E-state index >= 15 is 0 Å². The van der Waals surface area contributed by atoms with Gasteiger partial charge in [0.1, 0.15) is 0 Å². The van der Waals surface area contributed by atoms with E-state index in [0.29, 0.717) is 6.54 Å². The van der Waals surface area contributed by atoms with E-state index in [1.165, 1.54) is 0 Å². The Labute approximate surface area is 103 Å². The number of nitrogens with zero attached hydrogens (tertiary/aromatic N) is 2. The van der Waals surface area contributed by atoms with Crippen molar-refractivity contribution in [3.05, 3.63) is 23.0 Å². The van der Waals surface area contributed by atoms with Crippen molar-refractivity contribution in [1.29, 1.82) is 0 Å². The van der Waals surface area contributed by atoms with Gasteiger partial charge >= 0.3 is 0 Å². The molecule has 1 fully saturated rings. The maximum atomic E-state index is 12.2. The van der Waals surface area contributed by atoms with Crippen molar-refractivity contribution >= 4 is 5.78 Å². The van der Waals surface area contributed by atoms with Crippen molar-refractivity contribution in [2.75, 3.05) is 39.8 Å². The highest BCUT2D eigenvalue weighted by molar-refractivity contribution is 5.98. The normalized spacial score (nSPS) is 18.5. The second-order valence-electron chi connectivity index (χ2n) is 4.99. The molecule has 1 aromatic heterocycles. The van der Waals surface area contributed by atoms with Gasteiger partial charge < -0.3 is 9.88 Å². The summed E-state index contributed by atoms with van der Waals surface area (Å²) < 4.78 is 0. The number of nitrogens with one attached hydrogen (secondary N) is 1. The van der Waals surface area contributed by atoms with Crippen molar-refractivity contribution < 1.29 is 4.79 Å². The summed E-state index contributed by atoms with van der Waals surface area (Å²) in [4.78, 5) is 19.9. The number of Topliss-reactive ketones (excluding diaryl/α,β-unsaturated/α-hetero) is 1. The molecule has 0 bridgehead atoms. The molecule has 94 valence electrons. The predicted octanol–water partition coefficient (Wildman–Crippen LogP) is 1.06. The maximum Gasteiger partial charge on any atom is 0.178 e. The van der Waals surface area contributed by atoms with Gasteiger partial charge in [-0.25, -0.2) is 0 Å². The van der Waals surface area contributed by atoms with Crippen molar-refractivity contribution in [2.24, 2.45) is 0 Å². The minimum atomic E-state index is 0.233. The molecule has 0 spiro atoms. The first-order valence-electron chi connectivity index (χ1n) is 6.16. The fourth-order valence-corrected chi connectivity index (χ4v) is 2.31. The molecule has 2 heterocycles. The van der Waals surface area contributed by atoms with Crippen LogP contribution in [0, 0.1) is 13.8 Å². The van der Waals surface area contributed by atoms with Crippen LogP contribution < -0.4 is 0 Å². The second-order valence-corrected chi connectivity index (χ2v) is 4.99. The van der Waals surface area contributed by atoms with Crippen molar-refractivity contribution in [2.45, 2.75) is 13.8 Å². The third kappa shape index (κ3) is 2.96. The van der Waals surface area contributed by atoms with Gasteiger partial charge in [0.05, 0.1) is 6.54 Å². The Morgan fingerprint density at radius 2 is 1.94 bits per heavy atom. The summed E-state index contributed by atoms with van der Waals surface area (Å²) in [5.74, 6) is 0.233. The molecule has 0 unspecified atom stereocenters. The number of aryl methyl sites for hydroxylation is 2. The zero-order chi connectivity index (χ0) is 12.4. The zero-order valence-electron chi connectivity index (χ0n) is 10.9. The third-order valence-corrected chi connectivity index (χ3v) is 3.41. The smallest absolute Gasteiger partial charge is 0.178 e. The van der Waals surface area contributed by atoms with E-state index in [9.17, 15) is 4.79 Å². The summed E-state index contributed by atoms with van der Waals surface area (Å²) in [6.07, 6.45) is 0. The number of H-pyrrole nitrogens is 1. The number of carbonyl (C=O) groups excluding carboxylic acids is 1. The average molecular weight is 235 g/mol. The van der Waals surface area contributed by atoms with Gasteiger partial charge in [0, 0.05) is 43.1 Å². The predicted molar refractivity (Wildman–Crippen MR) is 68.5 cm³/mol. The van der Waals surface area contributed by atoms with E-state index in [0.717, 1.165) is 43.1 Å². The molecule has 2 rings (SSSR count). The van der Waals surface area contributed by atoms with Gasteiger partial charge in [0.2, 0.25) is 0 Å². The van der Waals surface area contributed by atoms with Crippen LogP contribution in [0.4, 0.5) is 0 Å². The van der Waals surface area contributed by atoms with Gasteiger partial charge in [-0.3, -0.25) is 9.69 Å². The lowest BCUT2D eigenvalue weighted by Gasteiger charge is -2.31. The number of hydrogen-bond acceptors (Lipinski definition) is 3. The monoisotopic (exact) mass is 235 g/mol. The highest BCUT2D eigenvalue weighted by Gasteiger charge is 2.19. The summed E-state index contributed by atoms with van der Waals surface area (Å²) >= 11 is 0. The number of likely N-dealkylation sites (N-methyl/N-ethyl adjacent to an activating group) is 1. The van der Waals surface area contributed by atoms with Crippen LogP contribution in [0.15, 0.2) is 6.07 Å². The first kappa shape index (κ1) is 12.3. The fourth-order valence-electron chi connectivity index (χ4n) is 2.31.